The van der Waals surface area contributed by atoms with Crippen LogP contribution in [0.5, 0.6) is 0 Å². The normalized spacial score (nSPS) is 13.1. The van der Waals surface area contributed by atoms with Crippen molar-refractivity contribution in [2.24, 2.45) is 0 Å². The van der Waals surface area contributed by atoms with Gasteiger partial charge in [-0.2, -0.15) is 17.6 Å². The average Bonchev–Trinajstić information content (AvgIpc) is 2.01. The van der Waals surface area contributed by atoms with E-state index in [1.807, 2.05) is 0 Å². The van der Waals surface area contributed by atoms with Gasteiger partial charge in [0.05, 0.1) is 0 Å². The smallest absolute Gasteiger partial charge is 0.217 e. The largest absolute Gasteiger partial charge is 0.486 e. The molecule has 0 aliphatic rings. The van der Waals surface area contributed by atoms with Gasteiger partial charge in [0.1, 0.15) is 0 Å². The Balaban J connectivity index is 5.03. The first-order valence-electron chi connectivity index (χ1n) is 2.76. The molecule has 10 heteroatoms. The summed E-state index contributed by atoms with van der Waals surface area (Å²) in [5.74, 6) is -6.14. The molecule has 0 aromatic carbocycles. The summed E-state index contributed by atoms with van der Waals surface area (Å²) in [6.45, 7) is 0. The van der Waals surface area contributed by atoms with Crippen molar-refractivity contribution in [3.05, 3.63) is 0 Å². The summed E-state index contributed by atoms with van der Waals surface area (Å²) in [5, 5.41) is 6.62. The molecule has 0 heterocycles. The topological polar surface area (TPSA) is 40.2 Å². The summed E-state index contributed by atoms with van der Waals surface area (Å²) in [4.78, 5) is 9.40. The molecule has 0 bridgehead atoms. The number of rotatable bonds is 3. The van der Waals surface area contributed by atoms with Crippen molar-refractivity contribution < 1.29 is 40.7 Å². The van der Waals surface area contributed by atoms with Crippen LogP contribution in [-0.4, -0.2) is 29.6 Å². The minimum absolute atomic E-state index is 2.78. The molecule has 1 radical (unpaired) electrons. The van der Waals surface area contributed by atoms with Crippen molar-refractivity contribution in [2.75, 3.05) is 0 Å². The molecular formula is C4HF7NO2. The first-order valence-corrected chi connectivity index (χ1v) is 2.76. The van der Waals surface area contributed by atoms with Gasteiger partial charge in [-0.25, -0.2) is 18.7 Å². The van der Waals surface area contributed by atoms with Crippen LogP contribution in [0.25, 0.3) is 0 Å². The lowest BCUT2D eigenvalue weighted by molar-refractivity contribution is -0.347. The molecule has 0 rings (SSSR count). The van der Waals surface area contributed by atoms with Crippen LogP contribution < -0.4 is 0 Å². The third-order valence-electron chi connectivity index (χ3n) is 1.08. The average molecular weight is 228 g/mol. The molecule has 0 saturated heterocycles. The van der Waals surface area contributed by atoms with Crippen molar-refractivity contribution in [3.63, 3.8) is 0 Å². The van der Waals surface area contributed by atoms with Crippen molar-refractivity contribution in [3.8, 4) is 0 Å². The molecule has 3 nitrogen and oxygen atoms in total. The fourth-order valence-corrected chi connectivity index (χ4v) is 0.377. The Morgan fingerprint density at radius 1 is 1.14 bits per heavy atom. The zero-order valence-electron chi connectivity index (χ0n) is 5.99. The van der Waals surface area contributed by atoms with E-state index in [0.29, 0.717) is 0 Å². The Morgan fingerprint density at radius 2 is 1.50 bits per heavy atom. The molecule has 0 aliphatic carbocycles. The maximum atomic E-state index is 12.0. The first-order chi connectivity index (χ1) is 6.05. The second kappa shape index (κ2) is 3.50. The number of carbonyl (C=O) groups excluding carboxylic acids is 1. The number of halogens is 7. The molecule has 0 aromatic heterocycles. The number of amides is 1. The zero-order chi connectivity index (χ0) is 11.7. The van der Waals surface area contributed by atoms with E-state index in [4.69, 9.17) is 0 Å². The number of alkyl halides is 6. The Morgan fingerprint density at radius 3 is 1.71 bits per heavy atom. The van der Waals surface area contributed by atoms with Crippen molar-refractivity contribution in [2.45, 2.75) is 18.4 Å². The highest BCUT2D eigenvalue weighted by Gasteiger charge is 2.69. The van der Waals surface area contributed by atoms with Crippen LogP contribution in [0.3, 0.4) is 0 Å². The van der Waals surface area contributed by atoms with Crippen LogP contribution in [0.15, 0.2) is 0 Å². The van der Waals surface area contributed by atoms with Crippen LogP contribution in [0, 0.1) is 0 Å². The summed E-state index contributed by atoms with van der Waals surface area (Å²) in [5.41, 5.74) is 0. The second-order valence-electron chi connectivity index (χ2n) is 2.01. The first kappa shape index (κ1) is 12.8. The standard InChI is InChI=1S/C4HF7NO2/c5-1(6)3(7,8)4(9,10)12(11)2(13)14/h1H. The fraction of sp³-hybridized carbons (Fsp3) is 0.750. The molecule has 83 valence electrons. The van der Waals surface area contributed by atoms with E-state index in [2.05, 4.69) is 0 Å². The lowest BCUT2D eigenvalue weighted by Crippen LogP contribution is -2.56. The highest BCUT2D eigenvalue weighted by molar-refractivity contribution is 5.63. The lowest BCUT2D eigenvalue weighted by atomic mass is 10.3. The summed E-state index contributed by atoms with van der Waals surface area (Å²) < 4.78 is 82.1. The Labute approximate surface area is 71.6 Å². The van der Waals surface area contributed by atoms with E-state index in [1.54, 1.807) is 0 Å². The molecule has 0 atom stereocenters. The SMILES string of the molecule is [O]C(=O)N(F)C(F)(F)C(F)(F)C(F)F. The predicted octanol–water partition coefficient (Wildman–Crippen LogP) is 2.22. The van der Waals surface area contributed by atoms with Gasteiger partial charge in [-0.3, -0.25) is 0 Å². The Kier molecular flexibility index (Phi) is 3.19. The van der Waals surface area contributed by atoms with E-state index in [0.717, 1.165) is 0 Å². The second-order valence-corrected chi connectivity index (χ2v) is 2.01. The van der Waals surface area contributed by atoms with Gasteiger partial charge in [0.2, 0.25) is 0 Å². The fourth-order valence-electron chi connectivity index (χ4n) is 0.377. The van der Waals surface area contributed by atoms with E-state index < -0.39 is 29.6 Å². The molecule has 0 aliphatic heterocycles. The Bertz CT molecular complexity index is 230. The monoisotopic (exact) mass is 228 g/mol. The molecule has 1 amide bonds. The van der Waals surface area contributed by atoms with Crippen LogP contribution in [0.1, 0.15) is 0 Å². The van der Waals surface area contributed by atoms with Gasteiger partial charge in [0, 0.05) is 0 Å². The quantitative estimate of drug-likeness (QED) is 0.414. The van der Waals surface area contributed by atoms with Gasteiger partial charge in [-0.1, -0.05) is 9.60 Å². The maximum absolute atomic E-state index is 12.0. The minimum atomic E-state index is -6.18. The molecule has 0 saturated carbocycles. The predicted molar refractivity (Wildman–Crippen MR) is 24.9 cm³/mol. The van der Waals surface area contributed by atoms with Gasteiger partial charge >= 0.3 is 24.5 Å². The van der Waals surface area contributed by atoms with E-state index in [1.165, 1.54) is 0 Å². The molecule has 0 N–H and O–H groups in total. The molecule has 0 aromatic rings. The molecular weight excluding hydrogens is 227 g/mol. The van der Waals surface area contributed by atoms with Gasteiger partial charge in [0.15, 0.2) is 0 Å². The third kappa shape index (κ3) is 1.82. The van der Waals surface area contributed by atoms with Crippen molar-refractivity contribution in [1.29, 1.82) is 0 Å². The number of nitrogens with zero attached hydrogens (tertiary/aromatic N) is 1. The van der Waals surface area contributed by atoms with E-state index in [-0.39, 0.29) is 0 Å². The van der Waals surface area contributed by atoms with Crippen LogP contribution in [-0.2, 0) is 5.11 Å². The van der Waals surface area contributed by atoms with E-state index in [9.17, 15) is 40.7 Å². The van der Waals surface area contributed by atoms with Gasteiger partial charge in [-0.05, 0) is 0 Å². The molecule has 14 heavy (non-hydrogen) atoms. The number of hydrogen-bond donors (Lipinski definition) is 0. The van der Waals surface area contributed by atoms with Crippen molar-refractivity contribution in [1.82, 2.24) is 5.12 Å². The Hall–Kier alpha value is -1.22. The molecule has 0 spiro atoms. The highest BCUT2D eigenvalue weighted by Crippen LogP contribution is 2.41. The summed E-state index contributed by atoms with van der Waals surface area (Å²) in [7, 11) is 0. The van der Waals surface area contributed by atoms with Gasteiger partial charge in [-0.15, -0.1) is 0 Å². The molecule has 0 fully saturated rings. The van der Waals surface area contributed by atoms with Crippen LogP contribution in [0.4, 0.5) is 35.6 Å². The van der Waals surface area contributed by atoms with Gasteiger partial charge in [0.25, 0.3) is 0 Å². The van der Waals surface area contributed by atoms with Gasteiger partial charge < -0.3 is 0 Å². The number of hydrogen-bond acceptors (Lipinski definition) is 1. The summed E-state index contributed by atoms with van der Waals surface area (Å²) in [6, 6.07) is -6.18. The van der Waals surface area contributed by atoms with Crippen molar-refractivity contribution >= 4 is 6.09 Å². The third-order valence-corrected chi connectivity index (χ3v) is 1.08. The number of carbonyl (C=O) groups is 1. The lowest BCUT2D eigenvalue weighted by Gasteiger charge is -2.26. The summed E-state index contributed by atoms with van der Waals surface area (Å²) in [6.07, 6.45) is -8.27. The van der Waals surface area contributed by atoms with Crippen LogP contribution >= 0.6 is 0 Å². The van der Waals surface area contributed by atoms with E-state index >= 15 is 0 Å². The maximum Gasteiger partial charge on any atom is 0.486 e. The minimum Gasteiger partial charge on any atom is -0.217 e. The zero-order valence-corrected chi connectivity index (χ0v) is 5.99. The summed E-state index contributed by atoms with van der Waals surface area (Å²) >= 11 is 0. The van der Waals surface area contributed by atoms with Crippen LogP contribution in [0.2, 0.25) is 0 Å². The highest BCUT2D eigenvalue weighted by atomic mass is 19.4. The molecule has 0 unspecified atom stereocenters.